The minimum atomic E-state index is -3.45. The highest BCUT2D eigenvalue weighted by Gasteiger charge is 2.61. The van der Waals surface area contributed by atoms with E-state index in [0.717, 1.165) is 60.4 Å². The number of rotatable bonds is 35. The first kappa shape index (κ1) is 95.4. The van der Waals surface area contributed by atoms with Gasteiger partial charge in [0.25, 0.3) is 8.32 Å². The molecule has 0 aromatic heterocycles. The number of cyclic esters (lactones) is 2. The highest BCUT2D eigenvalue weighted by atomic mass is 28.4. The summed E-state index contributed by atoms with van der Waals surface area (Å²) < 4.78 is 155. The average molecular weight is 1860 g/mol. The molecule has 0 unspecified atom stereocenters. The molecule has 0 spiro atoms. The molecule has 12 aromatic rings. The van der Waals surface area contributed by atoms with E-state index < -0.39 is 168 Å². The molecule has 12 aromatic carbocycles. The second-order valence-corrected chi connectivity index (χ2v) is 40.0. The Morgan fingerprint density at radius 2 is 0.603 bits per heavy atom. The van der Waals surface area contributed by atoms with Crippen LogP contribution < -0.4 is 10.4 Å². The summed E-state index contributed by atoms with van der Waals surface area (Å²) in [5.41, 5.74) is 7.16. The van der Waals surface area contributed by atoms with E-state index in [0.29, 0.717) is 0 Å². The zero-order valence-electron chi connectivity index (χ0n) is 76.6. The summed E-state index contributed by atoms with van der Waals surface area (Å²) >= 11 is 0. The van der Waals surface area contributed by atoms with Crippen molar-refractivity contribution in [1.82, 2.24) is 0 Å². The molecule has 136 heavy (non-hydrogen) atoms. The van der Waals surface area contributed by atoms with Gasteiger partial charge in [0.1, 0.15) is 111 Å². The maximum Gasteiger partial charge on any atom is 0.339 e. The number of ether oxygens (including phenoxy) is 20. The van der Waals surface area contributed by atoms with Crippen LogP contribution in [0.2, 0.25) is 5.04 Å². The van der Waals surface area contributed by atoms with E-state index in [-0.39, 0.29) is 77.2 Å². The summed E-state index contributed by atoms with van der Waals surface area (Å²) in [5.74, 6) is -1.79. The van der Waals surface area contributed by atoms with E-state index in [1.165, 1.54) is 12.1 Å². The molecule has 24 heteroatoms. The SMILES string of the molecule is CO[C@H]1O[C@H](CO[Si](c2ccccc2)(c2ccccc2)C(C)(C)C)[C@@H](O[C@H]2O[C@@H]3COC(=O)c4ccccc4C(=O)OC[C@H]4O[C@H](O[C@H]3[C@H](OCc3ccccc3)[C@H]2OCc2ccccc2)[C@H](OCc2ccccc2)[C@@H](OCc2ccccc2)[C@@H]4O[C@H]2O[C@@H]3CO[C@@H](c4ccccc4)O[C@H]3[C@H](OCc3ccccc3)[C@H]2OCc2ccccc2)[C@H](OCc2ccccc2)[C@H]1OCc1ccccc1. The van der Waals surface area contributed by atoms with Crippen LogP contribution in [0.25, 0.3) is 0 Å². The van der Waals surface area contributed by atoms with Gasteiger partial charge in [0.2, 0.25) is 0 Å². The minimum absolute atomic E-state index is 0.0322. The van der Waals surface area contributed by atoms with Gasteiger partial charge >= 0.3 is 11.9 Å². The van der Waals surface area contributed by atoms with Crippen molar-refractivity contribution >= 4 is 30.6 Å². The topological polar surface area (TPSA) is 228 Å². The van der Waals surface area contributed by atoms with Gasteiger partial charge < -0.3 is 99.2 Å². The van der Waals surface area contributed by atoms with Crippen LogP contribution in [-0.4, -0.2) is 177 Å². The lowest BCUT2D eigenvalue weighted by Gasteiger charge is -2.53. The monoisotopic (exact) mass is 1860 g/mol. The fourth-order valence-corrected chi connectivity index (χ4v) is 23.3. The third-order valence-electron chi connectivity index (χ3n) is 25.5. The molecule has 0 amide bonds. The highest BCUT2D eigenvalue weighted by molar-refractivity contribution is 6.99. The predicted octanol–water partition coefficient (Wildman–Crippen LogP) is 17.1. The molecule has 6 aliphatic heterocycles. The van der Waals surface area contributed by atoms with E-state index in [1.54, 1.807) is 19.2 Å². The molecule has 0 saturated carbocycles. The molecule has 2 bridgehead atoms. The van der Waals surface area contributed by atoms with Gasteiger partial charge in [0.05, 0.1) is 77.2 Å². The molecule has 0 N–H and O–H groups in total. The fourth-order valence-electron chi connectivity index (χ4n) is 18.7. The van der Waals surface area contributed by atoms with Crippen LogP contribution in [0.1, 0.15) is 97.8 Å². The van der Waals surface area contributed by atoms with Crippen LogP contribution in [0.5, 0.6) is 0 Å². The maximum absolute atomic E-state index is 15.6. The molecule has 21 atom stereocenters. The molecule has 6 aliphatic rings. The Labute approximate surface area is 795 Å². The summed E-state index contributed by atoms with van der Waals surface area (Å²) in [6, 6.07) is 115. The molecular weight excluding hydrogens is 1740 g/mol. The van der Waals surface area contributed by atoms with Crippen LogP contribution in [0.15, 0.2) is 358 Å². The lowest BCUT2D eigenvalue weighted by Crippen LogP contribution is -2.70. The van der Waals surface area contributed by atoms with E-state index in [2.05, 4.69) is 45.0 Å². The van der Waals surface area contributed by atoms with Crippen LogP contribution >= 0.6 is 0 Å². The molecule has 23 nitrogen and oxygen atoms in total. The molecule has 5 saturated heterocycles. The van der Waals surface area contributed by atoms with Crippen LogP contribution in [0.4, 0.5) is 0 Å². The molecule has 0 radical (unpaired) electrons. The Balaban J connectivity index is 0.795. The standard InChI is InChI=1S/C112H116O23Si/c1-112(2,3)136(85-58-34-14-35-59-85,86-60-36-15-37-61-86)127-75-92-96(97(116-64-76-40-16-5-17-41-76)101(108(115-4)128-92)120-68-80-48-24-9-25-49-80)135-110-104(123-71-83-54-30-12-31-55-83)100(119-67-79-46-22-8-23-47-79)94-90(130-110)73-125-106(114)88-63-39-38-62-87(88)105(113)124-72-89-95(99(118-66-78-44-20-7-21-45-78)103(109(129-89)133-94)122-70-82-52-28-11-29-53-82)134-111-102(121-69-81-50-26-10-27-51-81)98(117-65-77-42-18-6-19-43-77)93-91(131-111)74-126-107(132-93)84-56-32-13-33-57-84/h5-63,89-104,107-111H,64-75H2,1-4H3/t89-,90-,91-,92-,93-,94-,95-,96-,97+,98+,99+,100+,101-,102-,103-,104-,107-,108+,109-,110-,111-/m1/s1. The van der Waals surface area contributed by atoms with Gasteiger partial charge in [-0.25, -0.2) is 9.59 Å². The van der Waals surface area contributed by atoms with Gasteiger partial charge in [-0.05, 0) is 72.1 Å². The quantitative estimate of drug-likeness (QED) is 0.0266. The molecule has 5 fully saturated rings. The van der Waals surface area contributed by atoms with Crippen molar-refractivity contribution in [2.24, 2.45) is 0 Å². The zero-order valence-corrected chi connectivity index (χ0v) is 77.6. The van der Waals surface area contributed by atoms with E-state index in [4.69, 9.17) is 99.2 Å². The molecule has 18 rings (SSSR count). The molecule has 6 heterocycles. The normalized spacial score (nSPS) is 27.1. The van der Waals surface area contributed by atoms with Crippen molar-refractivity contribution in [3.63, 3.8) is 0 Å². The van der Waals surface area contributed by atoms with Gasteiger partial charge in [0.15, 0.2) is 31.5 Å². The summed E-state index contributed by atoms with van der Waals surface area (Å²) in [7, 11) is -1.86. The highest BCUT2D eigenvalue weighted by Crippen LogP contribution is 2.45. The fraction of sp³-hybridized carbons (Fsp3) is 0.339. The Hall–Kier alpha value is -11.0. The van der Waals surface area contributed by atoms with Crippen molar-refractivity contribution in [3.8, 4) is 0 Å². The zero-order chi connectivity index (χ0) is 92.8. The Morgan fingerprint density at radius 3 is 0.985 bits per heavy atom. The number of carbonyl (C=O) groups is 2. The van der Waals surface area contributed by atoms with E-state index >= 15 is 9.59 Å². The maximum atomic E-state index is 15.6. The number of carbonyl (C=O) groups excluding carboxylic acids is 2. The smallest absolute Gasteiger partial charge is 0.339 e. The summed E-state index contributed by atoms with van der Waals surface area (Å²) in [5, 5.41) is 1.53. The Morgan fingerprint density at radius 1 is 0.294 bits per heavy atom. The van der Waals surface area contributed by atoms with Crippen molar-refractivity contribution in [3.05, 3.63) is 419 Å². The van der Waals surface area contributed by atoms with Gasteiger partial charge in [-0.1, -0.05) is 367 Å². The summed E-state index contributed by atoms with van der Waals surface area (Å²) in [4.78, 5) is 31.2. The van der Waals surface area contributed by atoms with Gasteiger partial charge in [-0.2, -0.15) is 0 Å². The van der Waals surface area contributed by atoms with Crippen molar-refractivity contribution < 1.29 is 109 Å². The predicted molar refractivity (Wildman–Crippen MR) is 507 cm³/mol. The van der Waals surface area contributed by atoms with Crippen molar-refractivity contribution in [2.45, 2.75) is 208 Å². The molecular formula is C112H116O23Si. The second kappa shape index (κ2) is 46.5. The number of esters is 2. The van der Waals surface area contributed by atoms with E-state index in [9.17, 15) is 0 Å². The minimum Gasteiger partial charge on any atom is -0.459 e. The largest absolute Gasteiger partial charge is 0.459 e. The lowest BCUT2D eigenvalue weighted by atomic mass is 9.94. The number of hydrogen-bond acceptors (Lipinski definition) is 23. The van der Waals surface area contributed by atoms with Gasteiger partial charge in [0, 0.05) is 12.7 Å². The third-order valence-corrected chi connectivity index (χ3v) is 30.5. The van der Waals surface area contributed by atoms with Crippen molar-refractivity contribution in [2.75, 3.05) is 33.5 Å². The second-order valence-electron chi connectivity index (χ2n) is 35.7. The molecule has 706 valence electrons. The first-order chi connectivity index (χ1) is 66.8. The Bertz CT molecular complexity index is 5580. The summed E-state index contributed by atoms with van der Waals surface area (Å²) in [6.07, 6.45) is -25.5. The van der Waals surface area contributed by atoms with Gasteiger partial charge in [-0.15, -0.1) is 0 Å². The van der Waals surface area contributed by atoms with Crippen molar-refractivity contribution in [1.29, 1.82) is 0 Å². The van der Waals surface area contributed by atoms with Crippen LogP contribution in [0.3, 0.4) is 0 Å². The first-order valence-electron chi connectivity index (χ1n) is 46.7. The number of methoxy groups -OCH3 is 1. The average Bonchev–Trinajstić information content (AvgIpc) is 0.751. The molecule has 0 aliphatic carbocycles. The Kier molecular flexibility index (Phi) is 32.6. The third kappa shape index (κ3) is 23.4. The van der Waals surface area contributed by atoms with E-state index in [1.807, 2.05) is 309 Å². The van der Waals surface area contributed by atoms with Gasteiger partial charge in [-0.3, -0.25) is 0 Å². The number of fused-ring (bicyclic) bond motifs is 5. The first-order valence-corrected chi connectivity index (χ1v) is 48.6. The van der Waals surface area contributed by atoms with Crippen LogP contribution in [-0.2, 0) is 152 Å². The summed E-state index contributed by atoms with van der Waals surface area (Å²) in [6.45, 7) is 5.65. The number of benzene rings is 12. The number of hydrogen-bond donors (Lipinski definition) is 0. The lowest BCUT2D eigenvalue weighted by molar-refractivity contribution is -0.408. The van der Waals surface area contributed by atoms with Crippen LogP contribution in [0, 0.1) is 0 Å².